The van der Waals surface area contributed by atoms with E-state index in [0.717, 1.165) is 21.4 Å². The molecule has 0 spiro atoms. The van der Waals surface area contributed by atoms with Crippen LogP contribution in [0.2, 0.25) is 0 Å². The Labute approximate surface area is 164 Å². The normalized spacial score (nSPS) is 10.3. The van der Waals surface area contributed by atoms with Gasteiger partial charge >= 0.3 is 0 Å². The number of hydrogen-bond donors (Lipinski definition) is 2. The third-order valence-electron chi connectivity index (χ3n) is 3.21. The minimum absolute atomic E-state index is 0.612. The van der Waals surface area contributed by atoms with Crippen LogP contribution >= 0.6 is 57.4 Å². The Balaban J connectivity index is 1.94. The summed E-state index contributed by atoms with van der Waals surface area (Å²) in [5, 5.41) is 7.09. The van der Waals surface area contributed by atoms with Gasteiger partial charge in [0.2, 0.25) is 0 Å². The molecule has 22 heavy (non-hydrogen) atoms. The van der Waals surface area contributed by atoms with Crippen molar-refractivity contribution < 1.29 is 0 Å². The maximum absolute atomic E-state index is 5.39. The predicted molar refractivity (Wildman–Crippen MR) is 117 cm³/mol. The molecule has 2 aromatic rings. The van der Waals surface area contributed by atoms with E-state index in [2.05, 4.69) is 99.1 Å². The second kappa shape index (κ2) is 9.02. The smallest absolute Gasteiger partial charge is 0.175 e. The van der Waals surface area contributed by atoms with Crippen molar-refractivity contribution in [2.75, 3.05) is 10.6 Å². The first kappa shape index (κ1) is 17.9. The van der Waals surface area contributed by atoms with Crippen LogP contribution in [0.4, 0.5) is 11.4 Å². The van der Waals surface area contributed by atoms with E-state index in [4.69, 9.17) is 12.2 Å². The zero-order chi connectivity index (χ0) is 15.9. The SMILES string of the molecule is CCCCc1ccc(NC(=S)Nc2ccc(I)cc2I)cc1. The maximum Gasteiger partial charge on any atom is 0.175 e. The molecule has 0 aliphatic carbocycles. The summed E-state index contributed by atoms with van der Waals surface area (Å²) in [6, 6.07) is 14.7. The summed E-state index contributed by atoms with van der Waals surface area (Å²) in [7, 11) is 0. The molecule has 0 aliphatic rings. The molecule has 0 aromatic heterocycles. The molecule has 0 amide bonds. The van der Waals surface area contributed by atoms with Gasteiger partial charge in [0.1, 0.15) is 0 Å². The van der Waals surface area contributed by atoms with Crippen LogP contribution in [0.3, 0.4) is 0 Å². The average Bonchev–Trinajstić information content (AvgIpc) is 2.49. The highest BCUT2D eigenvalue weighted by Gasteiger charge is 2.03. The molecule has 0 atom stereocenters. The number of unbranched alkanes of at least 4 members (excludes halogenated alkanes) is 1. The van der Waals surface area contributed by atoms with Crippen molar-refractivity contribution in [1.29, 1.82) is 0 Å². The minimum Gasteiger partial charge on any atom is -0.332 e. The first-order chi connectivity index (χ1) is 10.6. The Morgan fingerprint density at radius 1 is 1.05 bits per heavy atom. The Hall–Kier alpha value is -0.410. The third-order valence-corrected chi connectivity index (χ3v) is 4.98. The minimum atomic E-state index is 0.612. The lowest BCUT2D eigenvalue weighted by atomic mass is 10.1. The molecule has 5 heteroatoms. The molecular formula is C17H18I2N2S. The van der Waals surface area contributed by atoms with Crippen molar-refractivity contribution in [2.24, 2.45) is 0 Å². The van der Waals surface area contributed by atoms with Gasteiger partial charge in [-0.3, -0.25) is 0 Å². The fourth-order valence-electron chi connectivity index (χ4n) is 2.01. The van der Waals surface area contributed by atoms with Gasteiger partial charge in [-0.25, -0.2) is 0 Å². The second-order valence-corrected chi connectivity index (χ2v) is 7.82. The molecule has 116 valence electrons. The van der Waals surface area contributed by atoms with Gasteiger partial charge in [-0.15, -0.1) is 0 Å². The number of hydrogen-bond acceptors (Lipinski definition) is 1. The van der Waals surface area contributed by atoms with Gasteiger partial charge in [-0.1, -0.05) is 25.5 Å². The molecule has 0 heterocycles. The van der Waals surface area contributed by atoms with Crippen LogP contribution in [0.25, 0.3) is 0 Å². The van der Waals surface area contributed by atoms with Crippen LogP contribution in [0, 0.1) is 7.14 Å². The van der Waals surface area contributed by atoms with Crippen LogP contribution < -0.4 is 10.6 Å². The van der Waals surface area contributed by atoms with Crippen LogP contribution in [0.5, 0.6) is 0 Å². The van der Waals surface area contributed by atoms with E-state index in [9.17, 15) is 0 Å². The zero-order valence-electron chi connectivity index (χ0n) is 12.3. The number of rotatable bonds is 5. The van der Waals surface area contributed by atoms with Crippen molar-refractivity contribution in [1.82, 2.24) is 0 Å². The van der Waals surface area contributed by atoms with E-state index in [-0.39, 0.29) is 0 Å². The Morgan fingerprint density at radius 3 is 2.41 bits per heavy atom. The van der Waals surface area contributed by atoms with Gasteiger partial charge < -0.3 is 10.6 Å². The van der Waals surface area contributed by atoms with Crippen LogP contribution in [0.15, 0.2) is 42.5 Å². The molecule has 2 rings (SSSR count). The summed E-state index contributed by atoms with van der Waals surface area (Å²) in [5.41, 5.74) is 3.41. The summed E-state index contributed by atoms with van der Waals surface area (Å²) in [6.07, 6.45) is 3.60. The molecule has 0 unspecified atom stereocenters. The highest BCUT2D eigenvalue weighted by Crippen LogP contribution is 2.21. The number of thiocarbonyl (C=S) groups is 1. The molecule has 0 radical (unpaired) electrons. The Morgan fingerprint density at radius 2 is 1.77 bits per heavy atom. The van der Waals surface area contributed by atoms with E-state index in [1.54, 1.807) is 0 Å². The number of halogens is 2. The molecule has 2 nitrogen and oxygen atoms in total. The first-order valence-corrected chi connectivity index (χ1v) is 9.77. The predicted octanol–water partition coefficient (Wildman–Crippen LogP) is 6.05. The van der Waals surface area contributed by atoms with E-state index in [1.165, 1.54) is 22.0 Å². The van der Waals surface area contributed by atoms with Crippen molar-refractivity contribution in [3.05, 3.63) is 55.2 Å². The summed E-state index contributed by atoms with van der Waals surface area (Å²) < 4.78 is 2.37. The highest BCUT2D eigenvalue weighted by atomic mass is 127. The second-order valence-electron chi connectivity index (χ2n) is 5.00. The van der Waals surface area contributed by atoms with Gasteiger partial charge in [0.05, 0.1) is 5.69 Å². The van der Waals surface area contributed by atoms with Gasteiger partial charge in [0.25, 0.3) is 0 Å². The molecule has 0 aliphatic heterocycles. The van der Waals surface area contributed by atoms with Crippen molar-refractivity contribution in [3.8, 4) is 0 Å². The topological polar surface area (TPSA) is 24.1 Å². The number of benzene rings is 2. The standard InChI is InChI=1S/C17H18I2N2S/c1-2-3-4-12-5-8-14(9-6-12)20-17(22)21-16-10-7-13(18)11-15(16)19/h5-11H,2-4H2,1H3,(H2,20,21,22). The van der Waals surface area contributed by atoms with E-state index >= 15 is 0 Å². The Kier molecular flexibility index (Phi) is 7.36. The van der Waals surface area contributed by atoms with Crippen LogP contribution in [-0.4, -0.2) is 5.11 Å². The average molecular weight is 536 g/mol. The summed E-state index contributed by atoms with van der Waals surface area (Å²) in [6.45, 7) is 2.21. The quantitative estimate of drug-likeness (QED) is 0.360. The van der Waals surface area contributed by atoms with E-state index in [1.807, 2.05) is 6.07 Å². The fraction of sp³-hybridized carbons (Fsp3) is 0.235. The number of anilines is 2. The molecule has 2 aromatic carbocycles. The van der Waals surface area contributed by atoms with Gasteiger partial charge in [0, 0.05) is 12.8 Å². The summed E-state index contributed by atoms with van der Waals surface area (Å²) >= 11 is 10.0. The van der Waals surface area contributed by atoms with Crippen molar-refractivity contribution >= 4 is 73.9 Å². The van der Waals surface area contributed by atoms with Gasteiger partial charge in [0.15, 0.2) is 5.11 Å². The van der Waals surface area contributed by atoms with Gasteiger partial charge in [-0.05, 0) is 106 Å². The van der Waals surface area contributed by atoms with E-state index < -0.39 is 0 Å². The zero-order valence-corrected chi connectivity index (χ0v) is 17.5. The number of nitrogens with one attached hydrogen (secondary N) is 2. The lowest BCUT2D eigenvalue weighted by Crippen LogP contribution is -2.19. The largest absolute Gasteiger partial charge is 0.332 e. The highest BCUT2D eigenvalue weighted by molar-refractivity contribution is 14.1. The van der Waals surface area contributed by atoms with Crippen LogP contribution in [0.1, 0.15) is 25.3 Å². The number of aryl methyl sites for hydroxylation is 1. The Bertz CT molecular complexity index is 642. The summed E-state index contributed by atoms with van der Waals surface area (Å²) in [5.74, 6) is 0. The molecule has 0 fully saturated rings. The van der Waals surface area contributed by atoms with Crippen LogP contribution in [-0.2, 0) is 6.42 Å². The lowest BCUT2D eigenvalue weighted by Gasteiger charge is -2.12. The van der Waals surface area contributed by atoms with Crippen molar-refractivity contribution in [3.63, 3.8) is 0 Å². The molecular weight excluding hydrogens is 518 g/mol. The van der Waals surface area contributed by atoms with Gasteiger partial charge in [-0.2, -0.15) is 0 Å². The summed E-state index contributed by atoms with van der Waals surface area (Å²) in [4.78, 5) is 0. The lowest BCUT2D eigenvalue weighted by molar-refractivity contribution is 0.795. The first-order valence-electron chi connectivity index (χ1n) is 7.20. The maximum atomic E-state index is 5.39. The molecule has 0 saturated heterocycles. The van der Waals surface area contributed by atoms with E-state index in [0.29, 0.717) is 5.11 Å². The monoisotopic (exact) mass is 536 g/mol. The molecule has 0 bridgehead atoms. The fourth-order valence-corrected chi connectivity index (χ4v) is 3.98. The van der Waals surface area contributed by atoms with Crippen molar-refractivity contribution in [2.45, 2.75) is 26.2 Å². The molecule has 0 saturated carbocycles. The third kappa shape index (κ3) is 5.66. The molecule has 2 N–H and O–H groups in total.